The van der Waals surface area contributed by atoms with Crippen molar-refractivity contribution in [3.8, 4) is 0 Å². The monoisotopic (exact) mass is 235 g/mol. The zero-order valence-corrected chi connectivity index (χ0v) is 9.60. The molecule has 0 radical (unpaired) electrons. The van der Waals surface area contributed by atoms with Crippen molar-refractivity contribution in [3.63, 3.8) is 0 Å². The topological polar surface area (TPSA) is 73.7 Å². The lowest BCUT2D eigenvalue weighted by atomic mass is 10.2. The van der Waals surface area contributed by atoms with Gasteiger partial charge in [-0.25, -0.2) is 0 Å². The molecule has 5 heteroatoms. The lowest BCUT2D eigenvalue weighted by Gasteiger charge is -2.05. The SMILES string of the molecule is O=C(/C=N/O)NCCCNCc1ccccc1. The molecular weight excluding hydrogens is 218 g/mol. The Morgan fingerprint density at radius 1 is 1.29 bits per heavy atom. The van der Waals surface area contributed by atoms with E-state index in [-0.39, 0.29) is 5.91 Å². The second kappa shape index (κ2) is 8.29. The number of amides is 1. The van der Waals surface area contributed by atoms with Crippen molar-refractivity contribution in [1.29, 1.82) is 0 Å². The standard InChI is InChI=1S/C12H17N3O2/c16-12(10-15-17)14-8-4-7-13-9-11-5-2-1-3-6-11/h1-3,5-6,10,13,17H,4,7-9H2,(H,14,16)/b15-10+. The fourth-order valence-electron chi connectivity index (χ4n) is 1.35. The Labute approximate surface area is 101 Å². The van der Waals surface area contributed by atoms with Gasteiger partial charge in [-0.3, -0.25) is 4.79 Å². The molecule has 0 spiro atoms. The van der Waals surface area contributed by atoms with Crippen LogP contribution in [0.5, 0.6) is 0 Å². The Balaban J connectivity index is 2.00. The summed E-state index contributed by atoms with van der Waals surface area (Å²) in [7, 11) is 0. The summed E-state index contributed by atoms with van der Waals surface area (Å²) in [6, 6.07) is 10.1. The lowest BCUT2D eigenvalue weighted by molar-refractivity contribution is -0.114. The van der Waals surface area contributed by atoms with Crippen LogP contribution in [0.3, 0.4) is 0 Å². The number of benzene rings is 1. The first-order valence-corrected chi connectivity index (χ1v) is 5.53. The summed E-state index contributed by atoms with van der Waals surface area (Å²) in [5.41, 5.74) is 1.24. The highest BCUT2D eigenvalue weighted by molar-refractivity contribution is 6.25. The van der Waals surface area contributed by atoms with E-state index < -0.39 is 0 Å². The van der Waals surface area contributed by atoms with E-state index in [4.69, 9.17) is 5.21 Å². The van der Waals surface area contributed by atoms with E-state index in [2.05, 4.69) is 27.9 Å². The van der Waals surface area contributed by atoms with Crippen LogP contribution in [0.1, 0.15) is 12.0 Å². The van der Waals surface area contributed by atoms with Gasteiger partial charge in [0.1, 0.15) is 6.21 Å². The summed E-state index contributed by atoms with van der Waals surface area (Å²) in [5, 5.41) is 16.6. The molecule has 0 aliphatic carbocycles. The van der Waals surface area contributed by atoms with Gasteiger partial charge in [-0.15, -0.1) is 0 Å². The Morgan fingerprint density at radius 3 is 2.76 bits per heavy atom. The zero-order chi connectivity index (χ0) is 12.3. The predicted molar refractivity (Wildman–Crippen MR) is 66.1 cm³/mol. The third-order valence-electron chi connectivity index (χ3n) is 2.18. The summed E-state index contributed by atoms with van der Waals surface area (Å²) in [5.74, 6) is -0.379. The minimum Gasteiger partial charge on any atom is -0.411 e. The van der Waals surface area contributed by atoms with Gasteiger partial charge in [0.05, 0.1) is 0 Å². The Kier molecular flexibility index (Phi) is 6.43. The fourth-order valence-corrected chi connectivity index (χ4v) is 1.35. The third-order valence-corrected chi connectivity index (χ3v) is 2.18. The molecule has 0 heterocycles. The van der Waals surface area contributed by atoms with Crippen LogP contribution in [0.25, 0.3) is 0 Å². The summed E-state index contributed by atoms with van der Waals surface area (Å²) in [6.07, 6.45) is 1.68. The van der Waals surface area contributed by atoms with Crippen molar-refractivity contribution in [3.05, 3.63) is 35.9 Å². The van der Waals surface area contributed by atoms with E-state index >= 15 is 0 Å². The second-order valence-electron chi connectivity index (χ2n) is 3.55. The number of nitrogens with zero attached hydrogens (tertiary/aromatic N) is 1. The molecule has 17 heavy (non-hydrogen) atoms. The van der Waals surface area contributed by atoms with Gasteiger partial charge in [0, 0.05) is 13.1 Å². The maximum absolute atomic E-state index is 10.9. The van der Waals surface area contributed by atoms with E-state index in [9.17, 15) is 4.79 Å². The Morgan fingerprint density at radius 2 is 2.06 bits per heavy atom. The number of carbonyl (C=O) groups excluding carboxylic acids is 1. The van der Waals surface area contributed by atoms with Crippen molar-refractivity contribution in [2.24, 2.45) is 5.16 Å². The minimum atomic E-state index is -0.379. The zero-order valence-electron chi connectivity index (χ0n) is 9.60. The quantitative estimate of drug-likeness (QED) is 0.282. The molecule has 3 N–H and O–H groups in total. The Bertz CT molecular complexity index is 352. The first-order valence-electron chi connectivity index (χ1n) is 5.53. The lowest BCUT2D eigenvalue weighted by Crippen LogP contribution is -2.27. The van der Waals surface area contributed by atoms with Gasteiger partial charge in [0.15, 0.2) is 0 Å². The van der Waals surface area contributed by atoms with E-state index in [1.165, 1.54) is 5.56 Å². The molecule has 0 bridgehead atoms. The van der Waals surface area contributed by atoms with E-state index in [1.54, 1.807) is 0 Å². The van der Waals surface area contributed by atoms with Crippen molar-refractivity contribution in [2.75, 3.05) is 13.1 Å². The maximum Gasteiger partial charge on any atom is 0.265 e. The van der Waals surface area contributed by atoms with Crippen LogP contribution in [0.2, 0.25) is 0 Å². The first kappa shape index (κ1) is 13.2. The van der Waals surface area contributed by atoms with Crippen molar-refractivity contribution >= 4 is 12.1 Å². The molecule has 0 saturated heterocycles. The van der Waals surface area contributed by atoms with Crippen LogP contribution in [-0.2, 0) is 11.3 Å². The van der Waals surface area contributed by atoms with Crippen LogP contribution in [0.15, 0.2) is 35.5 Å². The largest absolute Gasteiger partial charge is 0.411 e. The molecular formula is C12H17N3O2. The number of hydrogen-bond donors (Lipinski definition) is 3. The van der Waals surface area contributed by atoms with Crippen molar-refractivity contribution in [1.82, 2.24) is 10.6 Å². The van der Waals surface area contributed by atoms with Crippen LogP contribution < -0.4 is 10.6 Å². The number of carbonyl (C=O) groups is 1. The van der Waals surface area contributed by atoms with E-state index in [1.807, 2.05) is 18.2 Å². The second-order valence-corrected chi connectivity index (χ2v) is 3.55. The Hall–Kier alpha value is -1.88. The normalized spacial score (nSPS) is 10.6. The summed E-state index contributed by atoms with van der Waals surface area (Å²) in [6.45, 7) is 2.21. The molecule has 0 aliphatic rings. The number of rotatable bonds is 7. The molecule has 1 aromatic carbocycles. The first-order chi connectivity index (χ1) is 8.33. The van der Waals surface area contributed by atoms with Gasteiger partial charge in [-0.05, 0) is 18.5 Å². The summed E-state index contributed by atoms with van der Waals surface area (Å²) < 4.78 is 0. The molecule has 5 nitrogen and oxygen atoms in total. The van der Waals surface area contributed by atoms with Crippen LogP contribution in [-0.4, -0.2) is 30.4 Å². The molecule has 0 aliphatic heterocycles. The maximum atomic E-state index is 10.9. The molecule has 1 aromatic rings. The number of hydrogen-bond acceptors (Lipinski definition) is 4. The molecule has 1 amide bonds. The van der Waals surface area contributed by atoms with Gasteiger partial charge in [-0.2, -0.15) is 0 Å². The molecule has 0 fully saturated rings. The number of oxime groups is 1. The third kappa shape index (κ3) is 6.32. The summed E-state index contributed by atoms with van der Waals surface area (Å²) >= 11 is 0. The van der Waals surface area contributed by atoms with Crippen LogP contribution >= 0.6 is 0 Å². The number of nitrogens with one attached hydrogen (secondary N) is 2. The molecule has 0 atom stereocenters. The fraction of sp³-hybridized carbons (Fsp3) is 0.333. The molecule has 92 valence electrons. The van der Waals surface area contributed by atoms with Gasteiger partial charge in [0.25, 0.3) is 5.91 Å². The highest BCUT2D eigenvalue weighted by Crippen LogP contribution is 1.96. The minimum absolute atomic E-state index is 0.379. The van der Waals surface area contributed by atoms with Gasteiger partial charge in [0.2, 0.25) is 0 Å². The summed E-state index contributed by atoms with van der Waals surface area (Å²) in [4.78, 5) is 10.9. The van der Waals surface area contributed by atoms with Crippen molar-refractivity contribution < 1.29 is 10.0 Å². The van der Waals surface area contributed by atoms with E-state index in [0.717, 1.165) is 25.7 Å². The highest BCUT2D eigenvalue weighted by atomic mass is 16.4. The molecule has 1 rings (SSSR count). The average Bonchev–Trinajstić information content (AvgIpc) is 2.35. The van der Waals surface area contributed by atoms with Crippen LogP contribution in [0, 0.1) is 0 Å². The van der Waals surface area contributed by atoms with E-state index in [0.29, 0.717) is 6.54 Å². The van der Waals surface area contributed by atoms with Gasteiger partial charge < -0.3 is 15.8 Å². The van der Waals surface area contributed by atoms with Gasteiger partial charge in [-0.1, -0.05) is 35.5 Å². The van der Waals surface area contributed by atoms with Crippen LogP contribution in [0.4, 0.5) is 0 Å². The molecule has 0 unspecified atom stereocenters. The predicted octanol–water partition coefficient (Wildman–Crippen LogP) is 0.742. The molecule has 0 aromatic heterocycles. The van der Waals surface area contributed by atoms with Crippen molar-refractivity contribution in [2.45, 2.75) is 13.0 Å². The highest BCUT2D eigenvalue weighted by Gasteiger charge is 1.95. The molecule has 0 saturated carbocycles. The smallest absolute Gasteiger partial charge is 0.265 e. The van der Waals surface area contributed by atoms with Gasteiger partial charge >= 0.3 is 0 Å². The average molecular weight is 235 g/mol.